The Hall–Kier alpha value is -1.07. The van der Waals surface area contributed by atoms with E-state index in [1.807, 2.05) is 41.7 Å². The first kappa shape index (κ1) is 19.7. The Bertz CT molecular complexity index is 612. The molecule has 3 unspecified atom stereocenters. The smallest absolute Gasteiger partial charge is 0.407 e. The van der Waals surface area contributed by atoms with Gasteiger partial charge in [-0.15, -0.1) is 23.5 Å². The molecule has 3 atom stereocenters. The highest BCUT2D eigenvalue weighted by molar-refractivity contribution is 8.22. The summed E-state index contributed by atoms with van der Waals surface area (Å²) in [6, 6.07) is 10.4. The van der Waals surface area contributed by atoms with Crippen LogP contribution in [0.1, 0.15) is 38.2 Å². The van der Waals surface area contributed by atoms with Gasteiger partial charge in [0.2, 0.25) is 0 Å². The highest BCUT2D eigenvalue weighted by Gasteiger charge is 2.32. The van der Waals surface area contributed by atoms with Gasteiger partial charge in [0.1, 0.15) is 0 Å². The van der Waals surface area contributed by atoms with Gasteiger partial charge in [-0.2, -0.15) is 0 Å². The molecule has 1 N–H and O–H groups in total. The van der Waals surface area contributed by atoms with Gasteiger partial charge in [-0.3, -0.25) is 0 Å². The molecule has 0 spiro atoms. The Morgan fingerprint density at radius 2 is 2.04 bits per heavy atom. The molecule has 142 valence electrons. The van der Waals surface area contributed by atoms with Crippen molar-refractivity contribution in [3.8, 4) is 0 Å². The molecule has 0 aliphatic carbocycles. The molecule has 2 aliphatic rings. The fourth-order valence-electron chi connectivity index (χ4n) is 4.05. The zero-order valence-electron chi connectivity index (χ0n) is 15.5. The lowest BCUT2D eigenvalue weighted by atomic mass is 9.82. The van der Waals surface area contributed by atoms with Gasteiger partial charge in [-0.05, 0) is 61.0 Å². The number of amides is 1. The van der Waals surface area contributed by atoms with Crippen molar-refractivity contribution in [2.45, 2.75) is 45.1 Å². The van der Waals surface area contributed by atoms with Crippen molar-refractivity contribution in [3.63, 3.8) is 0 Å². The Kier molecular flexibility index (Phi) is 7.38. The average molecular weight is 392 g/mol. The van der Waals surface area contributed by atoms with Crippen LogP contribution in [0.15, 0.2) is 40.6 Å². The molecule has 0 saturated carbocycles. The lowest BCUT2D eigenvalue weighted by Gasteiger charge is -2.38. The third-order valence-corrected chi connectivity index (χ3v) is 7.82. The standard InChI is InChI=1S/C21H29NO2S2/c1-16(13-20-25-10-5-11-26-20)12-18-8-9-22(21(23)24)19(15-18)14-17-6-3-2-4-7-17/h2-4,6-7,13,16,18-19H,5,8-12,14-15H2,1H3,(H,23,24). The first-order valence-corrected chi connectivity index (χ1v) is 11.6. The summed E-state index contributed by atoms with van der Waals surface area (Å²) < 4.78 is 1.49. The van der Waals surface area contributed by atoms with Crippen molar-refractivity contribution in [1.29, 1.82) is 0 Å². The lowest BCUT2D eigenvalue weighted by molar-refractivity contribution is 0.0859. The van der Waals surface area contributed by atoms with Gasteiger partial charge in [-0.1, -0.05) is 43.3 Å². The fraction of sp³-hybridized carbons (Fsp3) is 0.571. The summed E-state index contributed by atoms with van der Waals surface area (Å²) >= 11 is 4.00. The number of rotatable bonds is 5. The monoisotopic (exact) mass is 391 g/mol. The predicted molar refractivity (Wildman–Crippen MR) is 113 cm³/mol. The highest BCUT2D eigenvalue weighted by Crippen LogP contribution is 2.37. The number of nitrogens with zero attached hydrogens (tertiary/aromatic N) is 1. The zero-order valence-corrected chi connectivity index (χ0v) is 17.1. The largest absolute Gasteiger partial charge is 0.465 e. The minimum absolute atomic E-state index is 0.104. The van der Waals surface area contributed by atoms with E-state index >= 15 is 0 Å². The number of carbonyl (C=O) groups is 1. The summed E-state index contributed by atoms with van der Waals surface area (Å²) in [7, 11) is 0. The predicted octanol–water partition coefficient (Wildman–Crippen LogP) is 5.73. The number of carboxylic acid groups (broad SMARTS) is 1. The third-order valence-electron chi connectivity index (χ3n) is 5.29. The van der Waals surface area contributed by atoms with Crippen molar-refractivity contribution in [1.82, 2.24) is 4.90 Å². The van der Waals surface area contributed by atoms with Crippen LogP contribution < -0.4 is 0 Å². The fourth-order valence-corrected chi connectivity index (χ4v) is 6.70. The summed E-state index contributed by atoms with van der Waals surface area (Å²) in [6.45, 7) is 2.99. The van der Waals surface area contributed by atoms with E-state index in [2.05, 4.69) is 25.1 Å². The summed E-state index contributed by atoms with van der Waals surface area (Å²) in [4.78, 5) is 13.3. The normalized spacial score (nSPS) is 25.0. The Morgan fingerprint density at radius 3 is 2.73 bits per heavy atom. The van der Waals surface area contributed by atoms with Crippen LogP contribution in [0, 0.1) is 11.8 Å². The van der Waals surface area contributed by atoms with Crippen molar-refractivity contribution in [2.24, 2.45) is 11.8 Å². The van der Waals surface area contributed by atoms with E-state index in [9.17, 15) is 9.90 Å². The van der Waals surface area contributed by atoms with Crippen LogP contribution in [0.25, 0.3) is 0 Å². The molecule has 26 heavy (non-hydrogen) atoms. The van der Waals surface area contributed by atoms with E-state index in [0.717, 1.165) is 19.3 Å². The lowest BCUT2D eigenvalue weighted by Crippen LogP contribution is -2.46. The van der Waals surface area contributed by atoms with Crippen molar-refractivity contribution in [2.75, 3.05) is 18.1 Å². The quantitative estimate of drug-likeness (QED) is 0.696. The average Bonchev–Trinajstić information content (AvgIpc) is 2.63. The van der Waals surface area contributed by atoms with Crippen molar-refractivity contribution >= 4 is 29.6 Å². The van der Waals surface area contributed by atoms with Crippen LogP contribution in [-0.4, -0.2) is 40.2 Å². The van der Waals surface area contributed by atoms with Crippen molar-refractivity contribution < 1.29 is 9.90 Å². The maximum absolute atomic E-state index is 11.7. The third kappa shape index (κ3) is 5.71. The topological polar surface area (TPSA) is 40.5 Å². The van der Waals surface area contributed by atoms with Crippen LogP contribution in [0.2, 0.25) is 0 Å². The molecule has 1 amide bonds. The van der Waals surface area contributed by atoms with Gasteiger partial charge in [0.25, 0.3) is 0 Å². The Balaban J connectivity index is 1.59. The van der Waals surface area contributed by atoms with Gasteiger partial charge in [0.15, 0.2) is 0 Å². The second-order valence-electron chi connectivity index (χ2n) is 7.46. The molecule has 5 heteroatoms. The first-order valence-electron chi connectivity index (χ1n) is 9.62. The summed E-state index contributed by atoms with van der Waals surface area (Å²) in [5.41, 5.74) is 1.23. The Labute approximate surface area is 165 Å². The van der Waals surface area contributed by atoms with E-state index < -0.39 is 6.09 Å². The number of hydrogen-bond acceptors (Lipinski definition) is 3. The van der Waals surface area contributed by atoms with Crippen LogP contribution in [0.4, 0.5) is 4.79 Å². The molecule has 3 nitrogen and oxygen atoms in total. The van der Waals surface area contributed by atoms with Gasteiger partial charge in [0.05, 0.1) is 0 Å². The summed E-state index contributed by atoms with van der Waals surface area (Å²) in [5.74, 6) is 3.69. The molecule has 1 aromatic rings. The minimum atomic E-state index is -0.769. The molecular formula is C21H29NO2S2. The number of likely N-dealkylation sites (tertiary alicyclic amines) is 1. The highest BCUT2D eigenvalue weighted by atomic mass is 32.2. The summed E-state index contributed by atoms with van der Waals surface area (Å²) in [5, 5.41) is 9.58. The number of benzene rings is 1. The maximum Gasteiger partial charge on any atom is 0.407 e. The summed E-state index contributed by atoms with van der Waals surface area (Å²) in [6.07, 6.45) is 6.96. The SMILES string of the molecule is CC(C=C1SCCCS1)CC1CCN(C(=O)O)C(Cc2ccccc2)C1. The molecule has 3 rings (SSSR count). The Morgan fingerprint density at radius 1 is 1.31 bits per heavy atom. The first-order chi connectivity index (χ1) is 12.6. The number of allylic oxidation sites excluding steroid dienone is 1. The second-order valence-corrected chi connectivity index (χ2v) is 9.99. The van der Waals surface area contributed by atoms with Crippen molar-refractivity contribution in [3.05, 3.63) is 46.2 Å². The van der Waals surface area contributed by atoms with E-state index in [1.54, 1.807) is 4.90 Å². The van der Waals surface area contributed by atoms with E-state index in [4.69, 9.17) is 0 Å². The molecule has 2 heterocycles. The maximum atomic E-state index is 11.7. The molecule has 1 aromatic carbocycles. The molecule has 0 bridgehead atoms. The molecule has 2 aliphatic heterocycles. The molecule has 2 saturated heterocycles. The number of piperidine rings is 1. The zero-order chi connectivity index (χ0) is 18.4. The van der Waals surface area contributed by atoms with Gasteiger partial charge >= 0.3 is 6.09 Å². The number of hydrogen-bond donors (Lipinski definition) is 1. The molecule has 0 radical (unpaired) electrons. The molecule has 0 aromatic heterocycles. The van der Waals surface area contributed by atoms with Crippen LogP contribution in [0.5, 0.6) is 0 Å². The van der Waals surface area contributed by atoms with Crippen LogP contribution >= 0.6 is 23.5 Å². The van der Waals surface area contributed by atoms with Gasteiger partial charge in [-0.25, -0.2) is 4.79 Å². The second kappa shape index (κ2) is 9.75. The van der Waals surface area contributed by atoms with E-state index in [1.165, 1.54) is 34.1 Å². The van der Waals surface area contributed by atoms with E-state index in [-0.39, 0.29) is 6.04 Å². The van der Waals surface area contributed by atoms with E-state index in [0.29, 0.717) is 18.4 Å². The van der Waals surface area contributed by atoms with Crippen LogP contribution in [0.3, 0.4) is 0 Å². The van der Waals surface area contributed by atoms with Crippen LogP contribution in [-0.2, 0) is 6.42 Å². The number of thioether (sulfide) groups is 2. The van der Waals surface area contributed by atoms with Gasteiger partial charge < -0.3 is 10.0 Å². The molecular weight excluding hydrogens is 362 g/mol. The van der Waals surface area contributed by atoms with Gasteiger partial charge in [0, 0.05) is 16.8 Å². The molecule has 2 fully saturated rings. The minimum Gasteiger partial charge on any atom is -0.465 e.